The molecule has 0 bridgehead atoms. The summed E-state index contributed by atoms with van der Waals surface area (Å²) >= 11 is 0. The Hall–Kier alpha value is -1.78. The summed E-state index contributed by atoms with van der Waals surface area (Å²) in [5.41, 5.74) is 6.30. The van der Waals surface area contributed by atoms with Crippen molar-refractivity contribution in [3.8, 4) is 0 Å². The number of nitrogen functional groups attached to an aromatic ring is 1. The van der Waals surface area contributed by atoms with E-state index in [1.807, 2.05) is 0 Å². The van der Waals surface area contributed by atoms with Crippen molar-refractivity contribution in [2.24, 2.45) is 0 Å². The predicted octanol–water partition coefficient (Wildman–Crippen LogP) is 0.734. The van der Waals surface area contributed by atoms with E-state index in [-0.39, 0.29) is 18.3 Å². The highest BCUT2D eigenvalue weighted by molar-refractivity contribution is 5.81. The van der Waals surface area contributed by atoms with Gasteiger partial charge in [0.2, 0.25) is 5.91 Å². The van der Waals surface area contributed by atoms with E-state index in [1.165, 1.54) is 6.07 Å². The van der Waals surface area contributed by atoms with E-state index in [9.17, 15) is 9.18 Å². The number of carbonyl (C=O) groups is 1. The molecule has 1 aromatic carbocycles. The van der Waals surface area contributed by atoms with Crippen molar-refractivity contribution in [3.63, 3.8) is 0 Å². The number of benzene rings is 1. The summed E-state index contributed by atoms with van der Waals surface area (Å²) in [6.45, 7) is 1.51. The van der Waals surface area contributed by atoms with Gasteiger partial charge >= 0.3 is 0 Å². The number of nitrogens with one attached hydrogen (secondary N) is 1. The molecule has 0 aromatic heterocycles. The summed E-state index contributed by atoms with van der Waals surface area (Å²) in [6.07, 6.45) is 0.815. The molecule has 0 aliphatic carbocycles. The fourth-order valence-electron chi connectivity index (χ4n) is 1.79. The molecule has 0 unspecified atom stereocenters. The van der Waals surface area contributed by atoms with Gasteiger partial charge in [-0.25, -0.2) is 4.39 Å². The van der Waals surface area contributed by atoms with Crippen molar-refractivity contribution in [3.05, 3.63) is 24.0 Å². The first kappa shape index (κ1) is 10.7. The Bertz CT molecular complexity index is 408. The van der Waals surface area contributed by atoms with Crippen molar-refractivity contribution < 1.29 is 9.18 Å². The lowest BCUT2D eigenvalue weighted by Crippen LogP contribution is -2.33. The van der Waals surface area contributed by atoms with E-state index < -0.39 is 0 Å². The average molecular weight is 223 g/mol. The van der Waals surface area contributed by atoms with Gasteiger partial charge in [-0.05, 0) is 24.6 Å². The smallest absolute Gasteiger partial charge is 0.239 e. The molecule has 0 radical (unpaired) electrons. The minimum Gasteiger partial charge on any atom is -0.399 e. The second-order valence-electron chi connectivity index (χ2n) is 3.84. The Kier molecular flexibility index (Phi) is 2.94. The van der Waals surface area contributed by atoms with Crippen LogP contribution in [0.5, 0.6) is 0 Å². The van der Waals surface area contributed by atoms with Gasteiger partial charge in [-0.1, -0.05) is 0 Å². The molecule has 1 saturated heterocycles. The summed E-state index contributed by atoms with van der Waals surface area (Å²) < 4.78 is 13.6. The number of hydrogen-bond donors (Lipinski definition) is 2. The van der Waals surface area contributed by atoms with Crippen LogP contribution in [0, 0.1) is 5.82 Å². The normalized spacial score (nSPS) is 16.8. The molecule has 4 nitrogen and oxygen atoms in total. The number of hydrogen-bond acceptors (Lipinski definition) is 3. The van der Waals surface area contributed by atoms with Gasteiger partial charge in [0.1, 0.15) is 5.82 Å². The minimum atomic E-state index is -0.380. The molecule has 1 heterocycles. The molecule has 1 amide bonds. The summed E-state index contributed by atoms with van der Waals surface area (Å²) in [7, 11) is 0. The van der Waals surface area contributed by atoms with Gasteiger partial charge in [0.05, 0.1) is 12.2 Å². The van der Waals surface area contributed by atoms with Crippen molar-refractivity contribution in [2.75, 3.05) is 30.3 Å². The molecule has 1 aromatic rings. The third kappa shape index (κ3) is 2.24. The number of rotatable bonds is 1. The number of carbonyl (C=O) groups excluding carboxylic acids is 1. The first-order chi connectivity index (χ1) is 7.66. The standard InChI is InChI=1S/C11H14FN3O/c12-9-6-8(13)2-3-10(9)15-5-1-4-14-11(16)7-15/h2-3,6H,1,4-5,7,13H2,(H,14,16). The van der Waals surface area contributed by atoms with Gasteiger partial charge in [-0.15, -0.1) is 0 Å². The summed E-state index contributed by atoms with van der Waals surface area (Å²) in [6, 6.07) is 4.53. The van der Waals surface area contributed by atoms with Crippen LogP contribution in [0.15, 0.2) is 18.2 Å². The molecule has 3 N–H and O–H groups in total. The van der Waals surface area contributed by atoms with Gasteiger partial charge in [-0.2, -0.15) is 0 Å². The third-order valence-corrected chi connectivity index (χ3v) is 2.57. The Morgan fingerprint density at radius 2 is 2.25 bits per heavy atom. The van der Waals surface area contributed by atoms with Crippen LogP contribution in [0.1, 0.15) is 6.42 Å². The largest absolute Gasteiger partial charge is 0.399 e. The highest BCUT2D eigenvalue weighted by atomic mass is 19.1. The average Bonchev–Trinajstić information content (AvgIpc) is 2.43. The lowest BCUT2D eigenvalue weighted by atomic mass is 10.2. The Morgan fingerprint density at radius 1 is 1.44 bits per heavy atom. The SMILES string of the molecule is Nc1ccc(N2CCCNC(=O)C2)c(F)c1. The topological polar surface area (TPSA) is 58.4 Å². The Labute approximate surface area is 93.2 Å². The van der Waals surface area contributed by atoms with Gasteiger partial charge in [-0.3, -0.25) is 4.79 Å². The number of halogens is 1. The van der Waals surface area contributed by atoms with Crippen LogP contribution in [0.25, 0.3) is 0 Å². The number of nitrogens with two attached hydrogens (primary N) is 1. The summed E-state index contributed by atoms with van der Waals surface area (Å²) in [4.78, 5) is 13.1. The molecule has 1 aliphatic rings. The zero-order valence-electron chi connectivity index (χ0n) is 8.87. The quantitative estimate of drug-likeness (QED) is 0.690. The maximum absolute atomic E-state index is 13.6. The molecule has 5 heteroatoms. The highest BCUT2D eigenvalue weighted by Crippen LogP contribution is 2.22. The van der Waals surface area contributed by atoms with E-state index in [2.05, 4.69) is 5.32 Å². The molecule has 1 fully saturated rings. The third-order valence-electron chi connectivity index (χ3n) is 2.57. The fraction of sp³-hybridized carbons (Fsp3) is 0.364. The van der Waals surface area contributed by atoms with E-state index >= 15 is 0 Å². The molecule has 16 heavy (non-hydrogen) atoms. The lowest BCUT2D eigenvalue weighted by molar-refractivity contribution is -0.119. The van der Waals surface area contributed by atoms with Crippen molar-refractivity contribution >= 4 is 17.3 Å². The van der Waals surface area contributed by atoms with Crippen molar-refractivity contribution in [1.82, 2.24) is 5.32 Å². The first-order valence-electron chi connectivity index (χ1n) is 5.23. The van der Waals surface area contributed by atoms with Gasteiger partial charge < -0.3 is 16.0 Å². The lowest BCUT2D eigenvalue weighted by Gasteiger charge is -2.21. The van der Waals surface area contributed by atoms with Gasteiger partial charge in [0.25, 0.3) is 0 Å². The molecule has 86 valence electrons. The maximum Gasteiger partial charge on any atom is 0.239 e. The van der Waals surface area contributed by atoms with Crippen LogP contribution >= 0.6 is 0 Å². The summed E-state index contributed by atoms with van der Waals surface area (Å²) in [5.74, 6) is -0.455. The second-order valence-corrected chi connectivity index (χ2v) is 3.84. The van der Waals surface area contributed by atoms with E-state index in [0.717, 1.165) is 6.42 Å². The van der Waals surface area contributed by atoms with Crippen LogP contribution in [0.4, 0.5) is 15.8 Å². The monoisotopic (exact) mass is 223 g/mol. The Balaban J connectivity index is 2.24. The van der Waals surface area contributed by atoms with Crippen LogP contribution in [-0.2, 0) is 4.79 Å². The van der Waals surface area contributed by atoms with Crippen LogP contribution in [0.2, 0.25) is 0 Å². The number of amides is 1. The van der Waals surface area contributed by atoms with E-state index in [4.69, 9.17) is 5.73 Å². The maximum atomic E-state index is 13.6. The van der Waals surface area contributed by atoms with Crippen LogP contribution in [0.3, 0.4) is 0 Å². The molecule has 1 aliphatic heterocycles. The Morgan fingerprint density at radius 3 is 3.00 bits per heavy atom. The first-order valence-corrected chi connectivity index (χ1v) is 5.23. The van der Waals surface area contributed by atoms with Crippen molar-refractivity contribution in [1.29, 1.82) is 0 Å². The molecule has 0 saturated carbocycles. The van der Waals surface area contributed by atoms with E-state index in [1.54, 1.807) is 17.0 Å². The predicted molar refractivity (Wildman–Crippen MR) is 60.7 cm³/mol. The number of anilines is 2. The molecular formula is C11H14FN3O. The van der Waals surface area contributed by atoms with Gasteiger partial charge in [0, 0.05) is 18.8 Å². The van der Waals surface area contributed by atoms with Gasteiger partial charge in [0.15, 0.2) is 0 Å². The zero-order valence-corrected chi connectivity index (χ0v) is 8.87. The van der Waals surface area contributed by atoms with Crippen LogP contribution < -0.4 is 16.0 Å². The number of nitrogens with zero attached hydrogens (tertiary/aromatic N) is 1. The molecule has 2 rings (SSSR count). The zero-order chi connectivity index (χ0) is 11.5. The van der Waals surface area contributed by atoms with Crippen LogP contribution in [-0.4, -0.2) is 25.5 Å². The second kappa shape index (κ2) is 4.38. The van der Waals surface area contributed by atoms with Crippen molar-refractivity contribution in [2.45, 2.75) is 6.42 Å². The van der Waals surface area contributed by atoms with E-state index in [0.29, 0.717) is 24.5 Å². The minimum absolute atomic E-state index is 0.0753. The molecular weight excluding hydrogens is 209 g/mol. The summed E-state index contributed by atoms with van der Waals surface area (Å²) in [5, 5.41) is 2.75. The fourth-order valence-corrected chi connectivity index (χ4v) is 1.79. The molecule has 0 atom stereocenters. The highest BCUT2D eigenvalue weighted by Gasteiger charge is 2.17. The molecule has 0 spiro atoms.